The quantitative estimate of drug-likeness (QED) is 0.737. The van der Waals surface area contributed by atoms with Gasteiger partial charge in [0, 0.05) is 6.04 Å². The Morgan fingerprint density at radius 1 is 1.25 bits per heavy atom. The number of nitrogens with one attached hydrogen (secondary N) is 1. The van der Waals surface area contributed by atoms with Crippen molar-refractivity contribution < 1.29 is 0 Å². The van der Waals surface area contributed by atoms with Crippen LogP contribution in [0.4, 0.5) is 0 Å². The van der Waals surface area contributed by atoms with Crippen LogP contribution in [0.1, 0.15) is 52.5 Å². The van der Waals surface area contributed by atoms with E-state index in [1.165, 1.54) is 19.3 Å². The Morgan fingerprint density at radius 3 is 2.56 bits per heavy atom. The molecule has 0 saturated carbocycles. The first-order valence-corrected chi connectivity index (χ1v) is 6.40. The zero-order valence-corrected chi connectivity index (χ0v) is 10.7. The summed E-state index contributed by atoms with van der Waals surface area (Å²) in [6.45, 7) is 7.72. The van der Waals surface area contributed by atoms with Gasteiger partial charge in [-0.15, -0.1) is 0 Å². The second-order valence-electron chi connectivity index (χ2n) is 4.20. The molecular formula is C12H24N4. The Labute approximate surface area is 98.5 Å². The number of hydrogen-bond acceptors (Lipinski definition) is 3. The smallest absolute Gasteiger partial charge is 0.137 e. The summed E-state index contributed by atoms with van der Waals surface area (Å²) in [6, 6.07) is 0.936. The Morgan fingerprint density at radius 2 is 2.06 bits per heavy atom. The van der Waals surface area contributed by atoms with Gasteiger partial charge in [0.1, 0.15) is 12.7 Å². The molecule has 2 unspecified atom stereocenters. The summed E-state index contributed by atoms with van der Waals surface area (Å²) in [5.74, 6) is 0. The second kappa shape index (κ2) is 7.39. The summed E-state index contributed by atoms with van der Waals surface area (Å²) in [6.07, 6.45) is 8.10. The molecule has 1 aromatic heterocycles. The summed E-state index contributed by atoms with van der Waals surface area (Å²) in [4.78, 5) is 4.04. The van der Waals surface area contributed by atoms with Gasteiger partial charge in [0.2, 0.25) is 0 Å². The molecule has 0 fully saturated rings. The molecule has 1 rings (SSSR count). The molecule has 1 aromatic rings. The molecule has 1 N–H and O–H groups in total. The minimum absolute atomic E-state index is 0.425. The zero-order valence-electron chi connectivity index (χ0n) is 10.7. The van der Waals surface area contributed by atoms with Gasteiger partial charge in [0.15, 0.2) is 0 Å². The predicted octanol–water partition coefficient (Wildman–Crippen LogP) is 2.40. The molecule has 4 heteroatoms. The van der Waals surface area contributed by atoms with Gasteiger partial charge in [0.25, 0.3) is 0 Å². The van der Waals surface area contributed by atoms with E-state index in [9.17, 15) is 0 Å². The SMILES string of the molecule is CCCNC(CCC)C(CC)n1cncn1. The number of rotatable bonds is 8. The van der Waals surface area contributed by atoms with Crippen molar-refractivity contribution in [3.63, 3.8) is 0 Å². The van der Waals surface area contributed by atoms with Gasteiger partial charge in [-0.2, -0.15) is 5.10 Å². The van der Waals surface area contributed by atoms with Crippen molar-refractivity contribution in [2.75, 3.05) is 6.54 Å². The maximum atomic E-state index is 4.26. The van der Waals surface area contributed by atoms with Crippen molar-refractivity contribution in [1.82, 2.24) is 20.1 Å². The molecular weight excluding hydrogens is 200 g/mol. The fraction of sp³-hybridized carbons (Fsp3) is 0.833. The normalized spacial score (nSPS) is 14.9. The van der Waals surface area contributed by atoms with E-state index in [0.29, 0.717) is 12.1 Å². The first-order valence-electron chi connectivity index (χ1n) is 6.40. The minimum Gasteiger partial charge on any atom is -0.312 e. The van der Waals surface area contributed by atoms with Crippen LogP contribution in [0, 0.1) is 0 Å². The van der Waals surface area contributed by atoms with E-state index in [1.807, 2.05) is 11.0 Å². The standard InChI is InChI=1S/C12H24N4/c1-4-7-11(14-8-5-2)12(6-3)16-10-13-9-15-16/h9-12,14H,4-8H2,1-3H3. The molecule has 2 atom stereocenters. The van der Waals surface area contributed by atoms with Gasteiger partial charge in [-0.25, -0.2) is 9.67 Å². The van der Waals surface area contributed by atoms with E-state index < -0.39 is 0 Å². The first kappa shape index (κ1) is 13.2. The average Bonchev–Trinajstić information content (AvgIpc) is 2.80. The fourth-order valence-electron chi connectivity index (χ4n) is 2.12. The number of nitrogens with zero attached hydrogens (tertiary/aromatic N) is 3. The fourth-order valence-corrected chi connectivity index (χ4v) is 2.12. The molecule has 0 amide bonds. The topological polar surface area (TPSA) is 42.7 Å². The third kappa shape index (κ3) is 3.59. The molecule has 0 aliphatic carbocycles. The summed E-state index contributed by atoms with van der Waals surface area (Å²) >= 11 is 0. The van der Waals surface area contributed by atoms with Crippen molar-refractivity contribution >= 4 is 0 Å². The van der Waals surface area contributed by atoms with Gasteiger partial charge >= 0.3 is 0 Å². The minimum atomic E-state index is 0.425. The average molecular weight is 224 g/mol. The summed E-state index contributed by atoms with van der Waals surface area (Å²) in [7, 11) is 0. The van der Waals surface area contributed by atoms with E-state index in [0.717, 1.165) is 13.0 Å². The first-order chi connectivity index (χ1) is 7.83. The lowest BCUT2D eigenvalue weighted by molar-refractivity contribution is 0.300. The largest absolute Gasteiger partial charge is 0.312 e. The van der Waals surface area contributed by atoms with Crippen LogP contribution in [0.5, 0.6) is 0 Å². The van der Waals surface area contributed by atoms with Crippen LogP contribution in [-0.4, -0.2) is 27.4 Å². The molecule has 16 heavy (non-hydrogen) atoms. The van der Waals surface area contributed by atoms with Gasteiger partial charge < -0.3 is 5.32 Å². The Kier molecular flexibility index (Phi) is 6.08. The van der Waals surface area contributed by atoms with Crippen LogP contribution < -0.4 is 5.32 Å². The molecule has 0 aromatic carbocycles. The molecule has 0 saturated heterocycles. The third-order valence-corrected chi connectivity index (χ3v) is 2.92. The Hall–Kier alpha value is -0.900. The van der Waals surface area contributed by atoms with Crippen LogP contribution >= 0.6 is 0 Å². The van der Waals surface area contributed by atoms with E-state index >= 15 is 0 Å². The monoisotopic (exact) mass is 224 g/mol. The lowest BCUT2D eigenvalue weighted by Crippen LogP contribution is -2.38. The molecule has 1 heterocycles. The molecule has 0 aliphatic heterocycles. The molecule has 0 aliphatic rings. The van der Waals surface area contributed by atoms with Crippen LogP contribution in [0.2, 0.25) is 0 Å². The van der Waals surface area contributed by atoms with E-state index in [1.54, 1.807) is 6.33 Å². The Balaban J connectivity index is 2.65. The summed E-state index contributed by atoms with van der Waals surface area (Å²) in [5.41, 5.74) is 0. The molecule has 0 radical (unpaired) electrons. The van der Waals surface area contributed by atoms with Crippen molar-refractivity contribution in [3.8, 4) is 0 Å². The molecule has 0 spiro atoms. The Bertz CT molecular complexity index is 258. The van der Waals surface area contributed by atoms with Gasteiger partial charge in [-0.3, -0.25) is 0 Å². The van der Waals surface area contributed by atoms with Gasteiger partial charge in [-0.05, 0) is 25.8 Å². The molecule has 0 bridgehead atoms. The number of hydrogen-bond donors (Lipinski definition) is 1. The molecule has 4 nitrogen and oxygen atoms in total. The highest BCUT2D eigenvalue weighted by atomic mass is 15.3. The highest BCUT2D eigenvalue weighted by Crippen LogP contribution is 2.18. The maximum Gasteiger partial charge on any atom is 0.137 e. The maximum absolute atomic E-state index is 4.26. The van der Waals surface area contributed by atoms with Crippen molar-refractivity contribution in [2.45, 2.75) is 58.5 Å². The van der Waals surface area contributed by atoms with Crippen molar-refractivity contribution in [1.29, 1.82) is 0 Å². The van der Waals surface area contributed by atoms with Crippen molar-refractivity contribution in [3.05, 3.63) is 12.7 Å². The van der Waals surface area contributed by atoms with Crippen LogP contribution in [0.3, 0.4) is 0 Å². The third-order valence-electron chi connectivity index (χ3n) is 2.92. The lowest BCUT2D eigenvalue weighted by Gasteiger charge is -2.27. The summed E-state index contributed by atoms with van der Waals surface area (Å²) in [5, 5.41) is 7.89. The van der Waals surface area contributed by atoms with Crippen molar-refractivity contribution in [2.24, 2.45) is 0 Å². The predicted molar refractivity (Wildman–Crippen MR) is 66.3 cm³/mol. The van der Waals surface area contributed by atoms with Crippen LogP contribution in [0.25, 0.3) is 0 Å². The second-order valence-corrected chi connectivity index (χ2v) is 4.20. The van der Waals surface area contributed by atoms with E-state index in [4.69, 9.17) is 0 Å². The summed E-state index contributed by atoms with van der Waals surface area (Å²) < 4.78 is 1.99. The molecule has 92 valence electrons. The number of aromatic nitrogens is 3. The highest BCUT2D eigenvalue weighted by molar-refractivity contribution is 4.80. The van der Waals surface area contributed by atoms with E-state index in [-0.39, 0.29) is 0 Å². The van der Waals surface area contributed by atoms with Gasteiger partial charge in [0.05, 0.1) is 6.04 Å². The zero-order chi connectivity index (χ0) is 11.8. The van der Waals surface area contributed by atoms with Gasteiger partial charge in [-0.1, -0.05) is 27.2 Å². The van der Waals surface area contributed by atoms with E-state index in [2.05, 4.69) is 36.2 Å². The van der Waals surface area contributed by atoms with Crippen LogP contribution in [-0.2, 0) is 0 Å². The van der Waals surface area contributed by atoms with Crippen LogP contribution in [0.15, 0.2) is 12.7 Å². The lowest BCUT2D eigenvalue weighted by atomic mass is 10.0. The highest BCUT2D eigenvalue weighted by Gasteiger charge is 2.20.